The fourth-order valence-electron chi connectivity index (χ4n) is 4.95. The fraction of sp³-hybridized carbons (Fsp3) is 0.250. The predicted molar refractivity (Wildman–Crippen MR) is 117 cm³/mol. The van der Waals surface area contributed by atoms with Gasteiger partial charge in [0.05, 0.1) is 11.8 Å². The molecule has 0 radical (unpaired) electrons. The van der Waals surface area contributed by atoms with Crippen molar-refractivity contribution in [1.29, 1.82) is 0 Å². The maximum atomic E-state index is 12.9. The van der Waals surface area contributed by atoms with E-state index in [-0.39, 0.29) is 17.7 Å². The Morgan fingerprint density at radius 1 is 1.32 bits per heavy atom. The zero-order chi connectivity index (χ0) is 21.6. The largest absolute Gasteiger partial charge is 0.383 e. The van der Waals surface area contributed by atoms with Gasteiger partial charge < -0.3 is 21.2 Å². The summed E-state index contributed by atoms with van der Waals surface area (Å²) in [5.74, 6) is 0.342. The maximum absolute atomic E-state index is 12.9. The van der Waals surface area contributed by atoms with Gasteiger partial charge in [-0.1, -0.05) is 23.8 Å². The molecule has 156 valence electrons. The van der Waals surface area contributed by atoms with E-state index in [9.17, 15) is 14.4 Å². The van der Waals surface area contributed by atoms with Gasteiger partial charge in [0.1, 0.15) is 12.1 Å². The first-order valence-corrected chi connectivity index (χ1v) is 10.3. The fourth-order valence-corrected chi connectivity index (χ4v) is 4.95. The van der Waals surface area contributed by atoms with Gasteiger partial charge in [0.25, 0.3) is 5.91 Å². The molecule has 1 aromatic carbocycles. The first-order valence-electron chi connectivity index (χ1n) is 10.3. The number of aldehydes is 1. The van der Waals surface area contributed by atoms with Gasteiger partial charge in [-0.3, -0.25) is 9.59 Å². The molecule has 2 heterocycles. The molecule has 1 saturated carbocycles. The third-order valence-electron chi connectivity index (χ3n) is 6.47. The van der Waals surface area contributed by atoms with Gasteiger partial charge in [0.15, 0.2) is 0 Å². The van der Waals surface area contributed by atoms with E-state index >= 15 is 0 Å². The molecule has 1 unspecified atom stereocenters. The highest BCUT2D eigenvalue weighted by molar-refractivity contribution is 6.07. The number of carbonyl (C=O) groups excluding carboxylic acids is 3. The zero-order valence-electron chi connectivity index (χ0n) is 16.9. The summed E-state index contributed by atoms with van der Waals surface area (Å²) < 4.78 is 0. The van der Waals surface area contributed by atoms with E-state index in [2.05, 4.69) is 15.6 Å². The Morgan fingerprint density at radius 3 is 3.00 bits per heavy atom. The molecular weight excluding hydrogens is 392 g/mol. The highest BCUT2D eigenvalue weighted by atomic mass is 16.2. The molecule has 7 heteroatoms. The van der Waals surface area contributed by atoms with E-state index in [1.165, 1.54) is 0 Å². The molecule has 31 heavy (non-hydrogen) atoms. The summed E-state index contributed by atoms with van der Waals surface area (Å²) in [7, 11) is 0. The second-order valence-electron chi connectivity index (χ2n) is 8.45. The number of carbonyl (C=O) groups is 3. The van der Waals surface area contributed by atoms with Crippen molar-refractivity contribution in [2.24, 2.45) is 5.92 Å². The smallest absolute Gasteiger partial charge is 0.255 e. The van der Waals surface area contributed by atoms with Crippen LogP contribution in [-0.4, -0.2) is 23.1 Å². The van der Waals surface area contributed by atoms with Crippen LogP contribution in [0.4, 0.5) is 17.2 Å². The van der Waals surface area contributed by atoms with Crippen LogP contribution in [0.15, 0.2) is 59.8 Å². The summed E-state index contributed by atoms with van der Waals surface area (Å²) in [4.78, 5) is 40.7. The minimum absolute atomic E-state index is 0.0432. The molecule has 0 bridgehead atoms. The number of benzene rings is 1. The van der Waals surface area contributed by atoms with Crippen molar-refractivity contribution in [3.05, 3.63) is 71.0 Å². The van der Waals surface area contributed by atoms with Crippen LogP contribution >= 0.6 is 0 Å². The second kappa shape index (κ2) is 7.19. The minimum atomic E-state index is -0.700. The number of amides is 2. The lowest BCUT2D eigenvalue weighted by Gasteiger charge is -2.23. The molecule has 0 spiro atoms. The van der Waals surface area contributed by atoms with Crippen LogP contribution in [0.1, 0.15) is 30.4 Å². The summed E-state index contributed by atoms with van der Waals surface area (Å²) in [6, 6.07) is 9.06. The molecule has 7 nitrogen and oxygen atoms in total. The third kappa shape index (κ3) is 3.32. The molecule has 2 aromatic rings. The lowest BCUT2D eigenvalue weighted by Crippen LogP contribution is -2.26. The number of hydrogen-bond acceptors (Lipinski definition) is 5. The van der Waals surface area contributed by atoms with Gasteiger partial charge in [-0.05, 0) is 55.0 Å². The first kappa shape index (κ1) is 19.2. The van der Waals surface area contributed by atoms with Crippen molar-refractivity contribution in [3.63, 3.8) is 0 Å². The van der Waals surface area contributed by atoms with Crippen molar-refractivity contribution in [2.45, 2.75) is 31.1 Å². The Kier molecular flexibility index (Phi) is 4.46. The topological polar surface area (TPSA) is 114 Å². The number of allylic oxidation sites excluding steroid dienone is 2. The van der Waals surface area contributed by atoms with E-state index < -0.39 is 5.41 Å². The van der Waals surface area contributed by atoms with Crippen LogP contribution in [0, 0.1) is 5.92 Å². The first-order chi connectivity index (χ1) is 15.0. The summed E-state index contributed by atoms with van der Waals surface area (Å²) in [6.45, 7) is 0. The number of nitrogen functional groups attached to an aromatic ring is 1. The number of nitrogens with one attached hydrogen (secondary N) is 2. The standard InChI is InChI=1S/C24H22N4O3/c25-22-19(2-1-7-26-22)24(13-29)11-15-4-3-14(8-17(15)12-24)23(31)27-18-5-6-20-16(9-18)10-21(30)28-20/h1-3,5-9,13,15H,4,10-12H2,(H2,25,26)(H,27,31)(H,28,30)/t15?,24-/m0/s1. The average molecular weight is 414 g/mol. The molecule has 2 aliphatic carbocycles. The number of hydrogen-bond donors (Lipinski definition) is 3. The van der Waals surface area contributed by atoms with E-state index in [0.29, 0.717) is 42.8 Å². The molecule has 0 saturated heterocycles. The van der Waals surface area contributed by atoms with Gasteiger partial charge >= 0.3 is 0 Å². The number of anilines is 3. The molecule has 1 aliphatic heterocycles. The Morgan fingerprint density at radius 2 is 2.19 bits per heavy atom. The number of fused-ring (bicyclic) bond motifs is 2. The third-order valence-corrected chi connectivity index (χ3v) is 6.47. The SMILES string of the molecule is Nc1ncccc1[C@]1(C=O)CC2=CC(C(=O)Nc3ccc4c(c3)CC(=O)N4)=CCC2C1. The Bertz CT molecular complexity index is 1180. The van der Waals surface area contributed by atoms with Crippen molar-refractivity contribution >= 4 is 35.3 Å². The minimum Gasteiger partial charge on any atom is -0.383 e. The Balaban J connectivity index is 1.35. The Labute approximate surface area is 179 Å². The van der Waals surface area contributed by atoms with Crippen LogP contribution in [0.3, 0.4) is 0 Å². The molecule has 1 fully saturated rings. The number of pyridine rings is 1. The van der Waals surface area contributed by atoms with E-state index in [4.69, 9.17) is 5.73 Å². The van der Waals surface area contributed by atoms with Gasteiger partial charge in [-0.25, -0.2) is 4.98 Å². The van der Waals surface area contributed by atoms with E-state index in [0.717, 1.165) is 28.7 Å². The Hall–Kier alpha value is -3.74. The van der Waals surface area contributed by atoms with Gasteiger partial charge in [0, 0.05) is 28.7 Å². The van der Waals surface area contributed by atoms with Gasteiger partial charge in [-0.15, -0.1) is 0 Å². The summed E-state index contributed by atoms with van der Waals surface area (Å²) >= 11 is 0. The van der Waals surface area contributed by atoms with Crippen molar-refractivity contribution in [2.75, 3.05) is 16.4 Å². The van der Waals surface area contributed by atoms with Crippen LogP contribution in [0.2, 0.25) is 0 Å². The summed E-state index contributed by atoms with van der Waals surface area (Å²) in [5.41, 5.74) is 10.1. The van der Waals surface area contributed by atoms with Crippen LogP contribution < -0.4 is 16.4 Å². The molecule has 1 aromatic heterocycles. The number of nitrogens with two attached hydrogens (primary N) is 1. The lowest BCUT2D eigenvalue weighted by molar-refractivity contribution is -0.115. The normalized spacial score (nSPS) is 23.9. The molecule has 3 aliphatic rings. The summed E-state index contributed by atoms with van der Waals surface area (Å²) in [6.07, 6.45) is 8.65. The van der Waals surface area contributed by atoms with E-state index in [1.54, 1.807) is 24.4 Å². The maximum Gasteiger partial charge on any atom is 0.255 e. The molecule has 2 amide bonds. The van der Waals surface area contributed by atoms with Crippen molar-refractivity contribution < 1.29 is 14.4 Å². The van der Waals surface area contributed by atoms with E-state index in [1.807, 2.05) is 24.3 Å². The summed E-state index contributed by atoms with van der Waals surface area (Å²) in [5, 5.41) is 5.70. The molecule has 2 atom stereocenters. The molecule has 4 N–H and O–H groups in total. The van der Waals surface area contributed by atoms with Crippen molar-refractivity contribution in [1.82, 2.24) is 4.98 Å². The quantitative estimate of drug-likeness (QED) is 0.666. The molecular formula is C24H22N4O3. The monoisotopic (exact) mass is 414 g/mol. The molecule has 5 rings (SSSR count). The highest BCUT2D eigenvalue weighted by Crippen LogP contribution is 2.50. The lowest BCUT2D eigenvalue weighted by atomic mass is 9.79. The van der Waals surface area contributed by atoms with Crippen LogP contribution in [0.5, 0.6) is 0 Å². The van der Waals surface area contributed by atoms with Crippen molar-refractivity contribution in [3.8, 4) is 0 Å². The predicted octanol–water partition coefficient (Wildman–Crippen LogP) is 2.90. The number of rotatable bonds is 4. The highest BCUT2D eigenvalue weighted by Gasteiger charge is 2.45. The zero-order valence-corrected chi connectivity index (χ0v) is 16.9. The average Bonchev–Trinajstić information content (AvgIpc) is 3.33. The van der Waals surface area contributed by atoms with Gasteiger partial charge in [0.2, 0.25) is 5.91 Å². The second-order valence-corrected chi connectivity index (χ2v) is 8.45. The van der Waals surface area contributed by atoms with Gasteiger partial charge in [-0.2, -0.15) is 0 Å². The number of nitrogens with zero attached hydrogens (tertiary/aromatic N) is 1. The van der Waals surface area contributed by atoms with Crippen LogP contribution in [0.25, 0.3) is 0 Å². The van der Waals surface area contributed by atoms with Crippen LogP contribution in [-0.2, 0) is 26.2 Å². The number of aromatic nitrogens is 1.